The molecule has 2 aromatic rings. The zero-order valence-electron chi connectivity index (χ0n) is 10.7. The van der Waals surface area contributed by atoms with Crippen molar-refractivity contribution in [1.29, 1.82) is 0 Å². The molecule has 0 atom stereocenters. The second-order valence-electron chi connectivity index (χ2n) is 4.29. The molecule has 0 aliphatic heterocycles. The monoisotopic (exact) mass is 258 g/mol. The Kier molecular flexibility index (Phi) is 4.69. The fourth-order valence-corrected chi connectivity index (χ4v) is 1.92. The largest absolute Gasteiger partial charge is 0.336 e. The molecule has 0 fully saturated rings. The van der Waals surface area contributed by atoms with Crippen molar-refractivity contribution < 1.29 is 4.79 Å². The number of aromatic nitrogens is 2. The van der Waals surface area contributed by atoms with Gasteiger partial charge in [0.1, 0.15) is 5.69 Å². The quantitative estimate of drug-likeness (QED) is 0.813. The number of benzene rings is 1. The molecule has 1 aromatic heterocycles. The van der Waals surface area contributed by atoms with E-state index < -0.39 is 0 Å². The van der Waals surface area contributed by atoms with Gasteiger partial charge in [-0.05, 0) is 18.1 Å². The molecule has 0 spiro atoms. The van der Waals surface area contributed by atoms with E-state index in [4.69, 9.17) is 5.73 Å². The first-order valence-corrected chi connectivity index (χ1v) is 6.34. The topological polar surface area (TPSA) is 75.0 Å². The number of nitrogens with one attached hydrogen (secondary N) is 1. The molecule has 0 bridgehead atoms. The van der Waals surface area contributed by atoms with Gasteiger partial charge < -0.3 is 10.6 Å². The van der Waals surface area contributed by atoms with Gasteiger partial charge in [-0.3, -0.25) is 9.89 Å². The summed E-state index contributed by atoms with van der Waals surface area (Å²) in [5, 5.41) is 6.49. The van der Waals surface area contributed by atoms with Crippen LogP contribution in [0.5, 0.6) is 0 Å². The Morgan fingerprint density at radius 1 is 1.21 bits per heavy atom. The molecule has 1 heterocycles. The van der Waals surface area contributed by atoms with Crippen LogP contribution in [0, 0.1) is 0 Å². The first-order chi connectivity index (χ1) is 9.31. The van der Waals surface area contributed by atoms with Crippen LogP contribution in [0.4, 0.5) is 0 Å². The van der Waals surface area contributed by atoms with Crippen molar-refractivity contribution in [2.24, 2.45) is 5.73 Å². The Morgan fingerprint density at radius 3 is 2.63 bits per heavy atom. The summed E-state index contributed by atoms with van der Waals surface area (Å²) in [5.74, 6) is -0.0566. The highest BCUT2D eigenvalue weighted by atomic mass is 16.2. The molecule has 0 radical (unpaired) electrons. The van der Waals surface area contributed by atoms with Crippen LogP contribution in [0.2, 0.25) is 0 Å². The maximum atomic E-state index is 12.2. The number of nitrogens with zero attached hydrogens (tertiary/aromatic N) is 2. The lowest BCUT2D eigenvalue weighted by molar-refractivity contribution is 0.0756. The third-order valence-corrected chi connectivity index (χ3v) is 2.93. The third kappa shape index (κ3) is 3.66. The molecular weight excluding hydrogens is 240 g/mol. The molecule has 1 amide bonds. The number of rotatable bonds is 6. The van der Waals surface area contributed by atoms with Crippen LogP contribution in [-0.2, 0) is 6.42 Å². The lowest BCUT2D eigenvalue weighted by Gasteiger charge is -2.21. The van der Waals surface area contributed by atoms with Crippen molar-refractivity contribution in [3.63, 3.8) is 0 Å². The van der Waals surface area contributed by atoms with Gasteiger partial charge in [-0.25, -0.2) is 0 Å². The molecule has 0 saturated carbocycles. The highest BCUT2D eigenvalue weighted by molar-refractivity contribution is 5.92. The Bertz CT molecular complexity index is 495. The summed E-state index contributed by atoms with van der Waals surface area (Å²) in [5.41, 5.74) is 7.28. The van der Waals surface area contributed by atoms with Crippen LogP contribution in [-0.4, -0.2) is 40.6 Å². The average molecular weight is 258 g/mol. The Hall–Kier alpha value is -2.14. The van der Waals surface area contributed by atoms with Gasteiger partial charge in [0.25, 0.3) is 5.91 Å². The second kappa shape index (κ2) is 6.70. The van der Waals surface area contributed by atoms with Gasteiger partial charge in [0.2, 0.25) is 0 Å². The fourth-order valence-electron chi connectivity index (χ4n) is 1.92. The van der Waals surface area contributed by atoms with Gasteiger partial charge in [-0.15, -0.1) is 0 Å². The first kappa shape index (κ1) is 13.3. The minimum Gasteiger partial charge on any atom is -0.336 e. The van der Waals surface area contributed by atoms with Crippen molar-refractivity contribution in [1.82, 2.24) is 15.1 Å². The standard InChI is InChI=1S/C14H18N4O/c15-8-11-18(14(19)13-6-9-16-17-13)10-7-12-4-2-1-3-5-12/h1-6,9H,7-8,10-11,15H2,(H,16,17). The van der Waals surface area contributed by atoms with E-state index in [2.05, 4.69) is 22.3 Å². The van der Waals surface area contributed by atoms with Crippen LogP contribution >= 0.6 is 0 Å². The molecule has 19 heavy (non-hydrogen) atoms. The molecule has 5 heteroatoms. The number of amides is 1. The highest BCUT2D eigenvalue weighted by Crippen LogP contribution is 2.05. The summed E-state index contributed by atoms with van der Waals surface area (Å²) in [7, 11) is 0. The predicted molar refractivity (Wildman–Crippen MR) is 73.7 cm³/mol. The number of H-pyrrole nitrogens is 1. The Morgan fingerprint density at radius 2 is 2.00 bits per heavy atom. The van der Waals surface area contributed by atoms with E-state index in [1.165, 1.54) is 5.56 Å². The molecule has 5 nitrogen and oxygen atoms in total. The van der Waals surface area contributed by atoms with Gasteiger partial charge in [-0.2, -0.15) is 5.10 Å². The molecule has 1 aromatic carbocycles. The third-order valence-electron chi connectivity index (χ3n) is 2.93. The van der Waals surface area contributed by atoms with E-state index in [0.29, 0.717) is 25.3 Å². The van der Waals surface area contributed by atoms with Crippen LogP contribution in [0.3, 0.4) is 0 Å². The summed E-state index contributed by atoms with van der Waals surface area (Å²) < 4.78 is 0. The Labute approximate surface area is 112 Å². The van der Waals surface area contributed by atoms with Crippen molar-refractivity contribution in [3.05, 3.63) is 53.9 Å². The molecule has 0 aliphatic carbocycles. The fraction of sp³-hybridized carbons (Fsp3) is 0.286. The van der Waals surface area contributed by atoms with Crippen molar-refractivity contribution in [2.45, 2.75) is 6.42 Å². The number of aromatic amines is 1. The van der Waals surface area contributed by atoms with Crippen LogP contribution in [0.1, 0.15) is 16.1 Å². The van der Waals surface area contributed by atoms with Crippen LogP contribution in [0.15, 0.2) is 42.6 Å². The summed E-state index contributed by atoms with van der Waals surface area (Å²) in [6, 6.07) is 11.8. The summed E-state index contributed by atoms with van der Waals surface area (Å²) in [6.45, 7) is 1.65. The van der Waals surface area contributed by atoms with E-state index >= 15 is 0 Å². The van der Waals surface area contributed by atoms with Gasteiger partial charge in [0, 0.05) is 25.8 Å². The molecular formula is C14H18N4O. The molecule has 0 aliphatic rings. The van der Waals surface area contributed by atoms with Gasteiger partial charge in [-0.1, -0.05) is 30.3 Å². The lowest BCUT2D eigenvalue weighted by Crippen LogP contribution is -2.37. The number of carbonyl (C=O) groups excluding carboxylic acids is 1. The van der Waals surface area contributed by atoms with Crippen LogP contribution < -0.4 is 5.73 Å². The van der Waals surface area contributed by atoms with E-state index in [9.17, 15) is 4.79 Å². The molecule has 2 rings (SSSR count). The summed E-state index contributed by atoms with van der Waals surface area (Å²) >= 11 is 0. The first-order valence-electron chi connectivity index (χ1n) is 6.34. The van der Waals surface area contributed by atoms with Gasteiger partial charge in [0.05, 0.1) is 0 Å². The molecule has 100 valence electrons. The summed E-state index contributed by atoms with van der Waals surface area (Å²) in [4.78, 5) is 14.0. The smallest absolute Gasteiger partial charge is 0.271 e. The van der Waals surface area contributed by atoms with E-state index in [1.807, 2.05) is 18.2 Å². The number of carbonyl (C=O) groups is 1. The second-order valence-corrected chi connectivity index (χ2v) is 4.29. The van der Waals surface area contributed by atoms with Crippen molar-refractivity contribution >= 4 is 5.91 Å². The van der Waals surface area contributed by atoms with E-state index in [1.54, 1.807) is 17.2 Å². The van der Waals surface area contributed by atoms with E-state index in [-0.39, 0.29) is 5.91 Å². The number of nitrogens with two attached hydrogens (primary N) is 1. The minimum absolute atomic E-state index is 0.0566. The van der Waals surface area contributed by atoms with E-state index in [0.717, 1.165) is 6.42 Å². The number of hydrogen-bond donors (Lipinski definition) is 2. The lowest BCUT2D eigenvalue weighted by atomic mass is 10.1. The van der Waals surface area contributed by atoms with Gasteiger partial charge in [0.15, 0.2) is 0 Å². The molecule has 0 saturated heterocycles. The predicted octanol–water partition coefficient (Wildman–Crippen LogP) is 1.05. The maximum absolute atomic E-state index is 12.2. The number of hydrogen-bond acceptors (Lipinski definition) is 3. The normalized spacial score (nSPS) is 10.4. The Balaban J connectivity index is 1.98. The summed E-state index contributed by atoms with van der Waals surface area (Å²) in [6.07, 6.45) is 2.39. The van der Waals surface area contributed by atoms with Crippen LogP contribution in [0.25, 0.3) is 0 Å². The minimum atomic E-state index is -0.0566. The highest BCUT2D eigenvalue weighted by Gasteiger charge is 2.15. The van der Waals surface area contributed by atoms with Crippen molar-refractivity contribution in [2.75, 3.05) is 19.6 Å². The molecule has 0 unspecified atom stereocenters. The SMILES string of the molecule is NCCN(CCc1ccccc1)C(=O)c1ccn[nH]1. The zero-order chi connectivity index (χ0) is 13.5. The van der Waals surface area contributed by atoms with Crippen molar-refractivity contribution in [3.8, 4) is 0 Å². The van der Waals surface area contributed by atoms with Gasteiger partial charge >= 0.3 is 0 Å². The zero-order valence-corrected chi connectivity index (χ0v) is 10.7. The average Bonchev–Trinajstić information content (AvgIpc) is 2.98. The molecule has 3 N–H and O–H groups in total. The maximum Gasteiger partial charge on any atom is 0.271 e.